The molecule has 0 aliphatic heterocycles. The molecule has 0 N–H and O–H groups in total. The second-order valence-corrected chi connectivity index (χ2v) is 4.82. The van der Waals surface area contributed by atoms with Crippen LogP contribution in [0.2, 0.25) is 0 Å². The Morgan fingerprint density at radius 1 is 1.16 bits per heavy atom. The van der Waals surface area contributed by atoms with Gasteiger partial charge in [-0.2, -0.15) is 0 Å². The van der Waals surface area contributed by atoms with Gasteiger partial charge in [0.15, 0.2) is 0 Å². The maximum absolute atomic E-state index is 4.52. The summed E-state index contributed by atoms with van der Waals surface area (Å²) in [5.41, 5.74) is 5.63. The fourth-order valence-electron chi connectivity index (χ4n) is 1.81. The van der Waals surface area contributed by atoms with E-state index in [0.717, 1.165) is 11.3 Å². The Kier molecular flexibility index (Phi) is 5.04. The molecule has 0 aliphatic carbocycles. The third kappa shape index (κ3) is 3.53. The van der Waals surface area contributed by atoms with E-state index in [9.17, 15) is 0 Å². The highest BCUT2D eigenvalue weighted by molar-refractivity contribution is 5.91. The highest BCUT2D eigenvalue weighted by atomic mass is 15.2. The molecule has 0 aliphatic rings. The SMILES string of the molecule is C=C(/N=C(/N=C\C)N(C)C)c1ccc(C)c(C)c1C. The van der Waals surface area contributed by atoms with E-state index in [1.165, 1.54) is 16.7 Å². The van der Waals surface area contributed by atoms with Crippen LogP contribution in [-0.2, 0) is 0 Å². The Morgan fingerprint density at radius 2 is 1.79 bits per heavy atom. The molecule has 0 bridgehead atoms. The molecule has 0 spiro atoms. The lowest BCUT2D eigenvalue weighted by Gasteiger charge is -2.14. The van der Waals surface area contributed by atoms with Crippen molar-refractivity contribution < 1.29 is 0 Å². The van der Waals surface area contributed by atoms with E-state index >= 15 is 0 Å². The number of nitrogens with zero attached hydrogens (tertiary/aromatic N) is 3. The van der Waals surface area contributed by atoms with Gasteiger partial charge in [0.25, 0.3) is 0 Å². The number of guanidine groups is 1. The molecule has 1 aromatic rings. The van der Waals surface area contributed by atoms with Gasteiger partial charge >= 0.3 is 0 Å². The Hall–Kier alpha value is -1.90. The van der Waals surface area contributed by atoms with E-state index in [2.05, 4.69) is 49.5 Å². The molecule has 1 rings (SSSR count). The van der Waals surface area contributed by atoms with Crippen molar-refractivity contribution >= 4 is 17.9 Å². The highest BCUT2D eigenvalue weighted by Crippen LogP contribution is 2.23. The fourth-order valence-corrected chi connectivity index (χ4v) is 1.81. The maximum atomic E-state index is 4.52. The zero-order chi connectivity index (χ0) is 14.6. The smallest absolute Gasteiger partial charge is 0.224 e. The molecule has 0 unspecified atom stereocenters. The van der Waals surface area contributed by atoms with Crippen molar-refractivity contribution in [3.63, 3.8) is 0 Å². The third-order valence-electron chi connectivity index (χ3n) is 3.25. The summed E-state index contributed by atoms with van der Waals surface area (Å²) in [5, 5.41) is 0. The molecule has 1 aromatic carbocycles. The van der Waals surface area contributed by atoms with Crippen molar-refractivity contribution in [2.75, 3.05) is 14.1 Å². The normalized spacial score (nSPS) is 12.0. The standard InChI is InChI=1S/C16H23N3/c1-8-17-16(19(6)7)18-14(5)15-10-9-11(2)12(3)13(15)4/h8-10H,5H2,1-4,6-7H3/b17-8-,18-16-. The topological polar surface area (TPSA) is 28.0 Å². The lowest BCUT2D eigenvalue weighted by molar-refractivity contribution is 0.615. The van der Waals surface area contributed by atoms with E-state index in [-0.39, 0.29) is 0 Å². The van der Waals surface area contributed by atoms with Gasteiger partial charge in [-0.3, -0.25) is 0 Å². The van der Waals surface area contributed by atoms with E-state index < -0.39 is 0 Å². The minimum atomic E-state index is 0.658. The van der Waals surface area contributed by atoms with Crippen LogP contribution in [0, 0.1) is 20.8 Å². The molecule has 102 valence electrons. The number of aryl methyl sites for hydroxylation is 1. The van der Waals surface area contributed by atoms with Gasteiger partial charge < -0.3 is 4.90 Å². The Bertz CT molecular complexity index is 537. The van der Waals surface area contributed by atoms with Crippen molar-refractivity contribution in [1.82, 2.24) is 4.90 Å². The Balaban J connectivity index is 3.21. The summed E-state index contributed by atoms with van der Waals surface area (Å²) in [6.07, 6.45) is 1.74. The predicted molar refractivity (Wildman–Crippen MR) is 85.0 cm³/mol. The molecule has 0 atom stereocenters. The van der Waals surface area contributed by atoms with Crippen LogP contribution in [0.1, 0.15) is 29.2 Å². The van der Waals surface area contributed by atoms with Crippen molar-refractivity contribution in [1.29, 1.82) is 0 Å². The molecule has 0 saturated carbocycles. The lowest BCUT2D eigenvalue weighted by Crippen LogP contribution is -2.20. The molecule has 0 saturated heterocycles. The predicted octanol–water partition coefficient (Wildman–Crippen LogP) is 3.59. The first kappa shape index (κ1) is 15.2. The zero-order valence-electron chi connectivity index (χ0n) is 12.8. The number of benzene rings is 1. The van der Waals surface area contributed by atoms with Crippen LogP contribution in [-0.4, -0.2) is 31.2 Å². The van der Waals surface area contributed by atoms with Gasteiger partial charge in [-0.15, -0.1) is 0 Å². The minimum Gasteiger partial charge on any atom is -0.347 e. The van der Waals surface area contributed by atoms with Crippen molar-refractivity contribution in [3.8, 4) is 0 Å². The first-order valence-corrected chi connectivity index (χ1v) is 6.39. The van der Waals surface area contributed by atoms with Gasteiger partial charge in [-0.25, -0.2) is 9.98 Å². The van der Waals surface area contributed by atoms with Crippen LogP contribution in [0.3, 0.4) is 0 Å². The molecular weight excluding hydrogens is 234 g/mol. The van der Waals surface area contributed by atoms with E-state index in [0.29, 0.717) is 5.96 Å². The molecule has 0 amide bonds. The van der Waals surface area contributed by atoms with Gasteiger partial charge in [0, 0.05) is 25.9 Å². The summed E-state index contributed by atoms with van der Waals surface area (Å²) in [6, 6.07) is 4.18. The second kappa shape index (κ2) is 6.32. The van der Waals surface area contributed by atoms with Crippen molar-refractivity contribution in [3.05, 3.63) is 41.0 Å². The van der Waals surface area contributed by atoms with E-state index in [1.54, 1.807) is 6.21 Å². The number of hydrogen-bond donors (Lipinski definition) is 0. The lowest BCUT2D eigenvalue weighted by atomic mass is 9.97. The van der Waals surface area contributed by atoms with Crippen LogP contribution in [0.5, 0.6) is 0 Å². The van der Waals surface area contributed by atoms with Crippen LogP contribution in [0.4, 0.5) is 0 Å². The summed E-state index contributed by atoms with van der Waals surface area (Å²) in [4.78, 5) is 10.6. The summed E-state index contributed by atoms with van der Waals surface area (Å²) < 4.78 is 0. The first-order chi connectivity index (χ1) is 8.88. The van der Waals surface area contributed by atoms with Gasteiger partial charge in [0.05, 0.1) is 5.70 Å². The average Bonchev–Trinajstić information content (AvgIpc) is 2.35. The van der Waals surface area contributed by atoms with E-state index in [1.807, 2.05) is 25.9 Å². The molecular formula is C16H23N3. The summed E-state index contributed by atoms with van der Waals surface area (Å²) in [6.45, 7) is 12.3. The van der Waals surface area contributed by atoms with Crippen LogP contribution < -0.4 is 0 Å². The first-order valence-electron chi connectivity index (χ1n) is 6.39. The monoisotopic (exact) mass is 257 g/mol. The largest absolute Gasteiger partial charge is 0.347 e. The third-order valence-corrected chi connectivity index (χ3v) is 3.25. The number of aliphatic imine (C=N–C) groups is 2. The van der Waals surface area contributed by atoms with Gasteiger partial charge in [-0.05, 0) is 44.4 Å². The Morgan fingerprint density at radius 3 is 2.32 bits per heavy atom. The quantitative estimate of drug-likeness (QED) is 0.588. The fraction of sp³-hybridized carbons (Fsp3) is 0.375. The molecule has 0 heterocycles. The maximum Gasteiger partial charge on any atom is 0.224 e. The van der Waals surface area contributed by atoms with Crippen LogP contribution in [0.25, 0.3) is 5.70 Å². The molecule has 0 fully saturated rings. The van der Waals surface area contributed by atoms with Gasteiger partial charge in [0.2, 0.25) is 5.96 Å². The van der Waals surface area contributed by atoms with Crippen molar-refractivity contribution in [2.45, 2.75) is 27.7 Å². The zero-order valence-corrected chi connectivity index (χ0v) is 12.8. The Labute approximate surface area is 116 Å². The highest BCUT2D eigenvalue weighted by Gasteiger charge is 2.08. The second-order valence-electron chi connectivity index (χ2n) is 4.82. The van der Waals surface area contributed by atoms with Crippen LogP contribution in [0.15, 0.2) is 28.7 Å². The molecule has 3 heteroatoms. The molecule has 19 heavy (non-hydrogen) atoms. The summed E-state index contributed by atoms with van der Waals surface area (Å²) >= 11 is 0. The number of rotatable bonds is 2. The minimum absolute atomic E-state index is 0.658. The average molecular weight is 257 g/mol. The van der Waals surface area contributed by atoms with E-state index in [4.69, 9.17) is 0 Å². The van der Waals surface area contributed by atoms with Crippen LogP contribution >= 0.6 is 0 Å². The number of hydrogen-bond acceptors (Lipinski definition) is 1. The van der Waals surface area contributed by atoms with Crippen molar-refractivity contribution in [2.24, 2.45) is 9.98 Å². The van der Waals surface area contributed by atoms with Gasteiger partial charge in [-0.1, -0.05) is 18.7 Å². The summed E-state index contributed by atoms with van der Waals surface area (Å²) in [7, 11) is 3.85. The molecule has 0 radical (unpaired) electrons. The van der Waals surface area contributed by atoms with Gasteiger partial charge in [0.1, 0.15) is 0 Å². The summed E-state index contributed by atoms with van der Waals surface area (Å²) in [5.74, 6) is 0.658. The molecule has 0 aromatic heterocycles. The molecule has 3 nitrogen and oxygen atoms in total.